The third-order valence-electron chi connectivity index (χ3n) is 3.28. The number of halogens is 1. The Bertz CT molecular complexity index is 607. The van der Waals surface area contributed by atoms with Gasteiger partial charge in [0.15, 0.2) is 0 Å². The summed E-state index contributed by atoms with van der Waals surface area (Å²) in [5.41, 5.74) is 9.40. The van der Waals surface area contributed by atoms with Gasteiger partial charge >= 0.3 is 0 Å². The van der Waals surface area contributed by atoms with E-state index in [2.05, 4.69) is 9.88 Å². The SMILES string of the molecule is Cc1nc(CN(C)c2cc(C)c(F)cc2C(C)N)cs1. The van der Waals surface area contributed by atoms with Crippen LogP contribution in [0.3, 0.4) is 0 Å². The molecule has 0 saturated heterocycles. The Kier molecular flexibility index (Phi) is 4.40. The number of benzene rings is 1. The lowest BCUT2D eigenvalue weighted by molar-refractivity contribution is 0.612. The zero-order chi connectivity index (χ0) is 14.9. The zero-order valence-corrected chi connectivity index (χ0v) is 13.1. The largest absolute Gasteiger partial charge is 0.368 e. The summed E-state index contributed by atoms with van der Waals surface area (Å²) in [6.07, 6.45) is 0. The Balaban J connectivity index is 2.33. The molecule has 0 saturated carbocycles. The van der Waals surface area contributed by atoms with Crippen LogP contribution in [0.25, 0.3) is 0 Å². The second kappa shape index (κ2) is 5.89. The first kappa shape index (κ1) is 14.9. The number of hydrogen-bond acceptors (Lipinski definition) is 4. The fourth-order valence-corrected chi connectivity index (χ4v) is 2.79. The summed E-state index contributed by atoms with van der Waals surface area (Å²) in [6, 6.07) is 3.19. The molecule has 0 spiro atoms. The summed E-state index contributed by atoms with van der Waals surface area (Å²) >= 11 is 1.64. The first-order valence-electron chi connectivity index (χ1n) is 6.56. The molecule has 1 heterocycles. The van der Waals surface area contributed by atoms with E-state index < -0.39 is 0 Å². The van der Waals surface area contributed by atoms with Crippen LogP contribution in [0.15, 0.2) is 17.5 Å². The second-order valence-corrected chi connectivity index (χ2v) is 6.23. The van der Waals surface area contributed by atoms with Crippen molar-refractivity contribution in [2.75, 3.05) is 11.9 Å². The van der Waals surface area contributed by atoms with Gasteiger partial charge in [-0.2, -0.15) is 0 Å². The van der Waals surface area contributed by atoms with E-state index in [-0.39, 0.29) is 11.9 Å². The van der Waals surface area contributed by atoms with E-state index in [1.807, 2.05) is 32.3 Å². The molecule has 2 rings (SSSR count). The van der Waals surface area contributed by atoms with Crippen LogP contribution in [-0.2, 0) is 6.54 Å². The Labute approximate surface area is 123 Å². The molecule has 3 nitrogen and oxygen atoms in total. The first-order chi connectivity index (χ1) is 9.38. The Hall–Kier alpha value is -1.46. The number of rotatable bonds is 4. The minimum Gasteiger partial charge on any atom is -0.368 e. The topological polar surface area (TPSA) is 42.2 Å². The molecule has 0 fully saturated rings. The number of aromatic nitrogens is 1. The van der Waals surface area contributed by atoms with Gasteiger partial charge in [-0.05, 0) is 44.0 Å². The lowest BCUT2D eigenvalue weighted by atomic mass is 10.0. The van der Waals surface area contributed by atoms with Gasteiger partial charge in [-0.1, -0.05) is 0 Å². The quantitative estimate of drug-likeness (QED) is 0.937. The highest BCUT2D eigenvalue weighted by atomic mass is 32.1. The van der Waals surface area contributed by atoms with Gasteiger partial charge in [0, 0.05) is 24.2 Å². The van der Waals surface area contributed by atoms with Gasteiger partial charge in [0.25, 0.3) is 0 Å². The molecule has 2 N–H and O–H groups in total. The number of hydrogen-bond donors (Lipinski definition) is 1. The van der Waals surface area contributed by atoms with Gasteiger partial charge < -0.3 is 10.6 Å². The second-order valence-electron chi connectivity index (χ2n) is 5.16. The van der Waals surface area contributed by atoms with E-state index in [9.17, 15) is 4.39 Å². The summed E-state index contributed by atoms with van der Waals surface area (Å²) in [5.74, 6) is -0.209. The van der Waals surface area contributed by atoms with Gasteiger partial charge in [-0.25, -0.2) is 9.37 Å². The van der Waals surface area contributed by atoms with Gasteiger partial charge in [-0.15, -0.1) is 11.3 Å². The van der Waals surface area contributed by atoms with Crippen LogP contribution >= 0.6 is 11.3 Å². The molecule has 0 aliphatic rings. The van der Waals surface area contributed by atoms with Crippen molar-refractivity contribution in [3.05, 3.63) is 45.2 Å². The van der Waals surface area contributed by atoms with Crippen molar-refractivity contribution >= 4 is 17.0 Å². The molecule has 1 aromatic carbocycles. The summed E-state index contributed by atoms with van der Waals surface area (Å²) in [4.78, 5) is 6.53. The predicted molar refractivity (Wildman–Crippen MR) is 82.7 cm³/mol. The number of thiazole rings is 1. The fraction of sp³-hybridized carbons (Fsp3) is 0.400. The molecule has 1 aromatic heterocycles. The number of nitrogens with zero attached hydrogens (tertiary/aromatic N) is 2. The molecule has 2 aromatic rings. The van der Waals surface area contributed by atoms with E-state index in [0.29, 0.717) is 12.1 Å². The summed E-state index contributed by atoms with van der Waals surface area (Å²) < 4.78 is 13.7. The van der Waals surface area contributed by atoms with E-state index in [4.69, 9.17) is 5.73 Å². The van der Waals surface area contributed by atoms with Gasteiger partial charge in [-0.3, -0.25) is 0 Å². The molecule has 1 unspecified atom stereocenters. The lowest BCUT2D eigenvalue weighted by Gasteiger charge is -2.24. The van der Waals surface area contributed by atoms with Crippen LogP contribution in [0.2, 0.25) is 0 Å². The van der Waals surface area contributed by atoms with Crippen molar-refractivity contribution in [3.63, 3.8) is 0 Å². The van der Waals surface area contributed by atoms with Gasteiger partial charge in [0.05, 0.1) is 17.2 Å². The van der Waals surface area contributed by atoms with Crippen molar-refractivity contribution in [2.45, 2.75) is 33.4 Å². The molecule has 0 radical (unpaired) electrons. The Morgan fingerprint density at radius 1 is 1.40 bits per heavy atom. The highest BCUT2D eigenvalue weighted by Gasteiger charge is 2.15. The maximum atomic E-state index is 13.7. The van der Waals surface area contributed by atoms with Crippen LogP contribution in [0.5, 0.6) is 0 Å². The third kappa shape index (κ3) is 3.16. The third-order valence-corrected chi connectivity index (χ3v) is 4.10. The van der Waals surface area contributed by atoms with Crippen molar-refractivity contribution < 1.29 is 4.39 Å². The van der Waals surface area contributed by atoms with Crippen LogP contribution in [0, 0.1) is 19.7 Å². The summed E-state index contributed by atoms with van der Waals surface area (Å²) in [6.45, 7) is 6.32. The molecule has 0 amide bonds. The highest BCUT2D eigenvalue weighted by Crippen LogP contribution is 2.28. The average molecular weight is 293 g/mol. The molecular weight excluding hydrogens is 273 g/mol. The van der Waals surface area contributed by atoms with Gasteiger partial charge in [0.1, 0.15) is 5.82 Å². The smallest absolute Gasteiger partial charge is 0.126 e. The number of aryl methyl sites for hydroxylation is 2. The van der Waals surface area contributed by atoms with E-state index >= 15 is 0 Å². The molecule has 0 aliphatic heterocycles. The first-order valence-corrected chi connectivity index (χ1v) is 7.44. The molecule has 108 valence electrons. The molecule has 5 heteroatoms. The Morgan fingerprint density at radius 3 is 2.65 bits per heavy atom. The standard InChI is InChI=1S/C15H20FN3S/c1-9-5-15(13(10(2)17)6-14(9)16)19(4)7-12-8-20-11(3)18-12/h5-6,8,10H,7,17H2,1-4H3. The van der Waals surface area contributed by atoms with Crippen molar-refractivity contribution in [2.24, 2.45) is 5.73 Å². The number of anilines is 1. The minimum atomic E-state index is -0.209. The van der Waals surface area contributed by atoms with Crippen molar-refractivity contribution in [1.29, 1.82) is 0 Å². The zero-order valence-electron chi connectivity index (χ0n) is 12.3. The summed E-state index contributed by atoms with van der Waals surface area (Å²) in [5, 5.41) is 3.10. The average Bonchev–Trinajstić information content (AvgIpc) is 2.77. The number of nitrogens with two attached hydrogens (primary N) is 1. The minimum absolute atomic E-state index is 0.209. The van der Waals surface area contributed by atoms with E-state index in [0.717, 1.165) is 22.0 Å². The maximum absolute atomic E-state index is 13.7. The predicted octanol–water partition coefficient (Wildman–Crippen LogP) is 3.56. The van der Waals surface area contributed by atoms with Crippen LogP contribution < -0.4 is 10.6 Å². The Morgan fingerprint density at radius 2 is 2.10 bits per heavy atom. The molecule has 0 aliphatic carbocycles. The van der Waals surface area contributed by atoms with E-state index in [1.54, 1.807) is 18.3 Å². The monoisotopic (exact) mass is 293 g/mol. The van der Waals surface area contributed by atoms with Crippen LogP contribution in [0.1, 0.15) is 34.8 Å². The lowest BCUT2D eigenvalue weighted by Crippen LogP contribution is -2.21. The van der Waals surface area contributed by atoms with Gasteiger partial charge in [0.2, 0.25) is 0 Å². The fourth-order valence-electron chi connectivity index (χ4n) is 2.19. The highest BCUT2D eigenvalue weighted by molar-refractivity contribution is 7.09. The molecule has 0 bridgehead atoms. The normalized spacial score (nSPS) is 12.5. The molecule has 1 atom stereocenters. The van der Waals surface area contributed by atoms with Crippen molar-refractivity contribution in [1.82, 2.24) is 4.98 Å². The summed E-state index contributed by atoms with van der Waals surface area (Å²) in [7, 11) is 1.98. The maximum Gasteiger partial charge on any atom is 0.126 e. The molecular formula is C15H20FN3S. The van der Waals surface area contributed by atoms with Crippen molar-refractivity contribution in [3.8, 4) is 0 Å². The molecule has 20 heavy (non-hydrogen) atoms. The van der Waals surface area contributed by atoms with Crippen LogP contribution in [-0.4, -0.2) is 12.0 Å². The van der Waals surface area contributed by atoms with Crippen LogP contribution in [0.4, 0.5) is 10.1 Å². The van der Waals surface area contributed by atoms with E-state index in [1.165, 1.54) is 6.07 Å².